The van der Waals surface area contributed by atoms with Crippen molar-refractivity contribution < 1.29 is 23.6 Å². The van der Waals surface area contributed by atoms with Gasteiger partial charge in [0.1, 0.15) is 35.1 Å². The molecule has 0 aliphatic carbocycles. The van der Waals surface area contributed by atoms with E-state index in [9.17, 15) is 19.2 Å². The van der Waals surface area contributed by atoms with E-state index in [4.69, 9.17) is 19.7 Å². The lowest BCUT2D eigenvalue weighted by molar-refractivity contribution is 0.0469. The molecule has 0 radical (unpaired) electrons. The fourth-order valence-corrected chi connectivity index (χ4v) is 3.49. The van der Waals surface area contributed by atoms with E-state index in [1.165, 1.54) is 17.7 Å². The second-order valence-electron chi connectivity index (χ2n) is 8.50. The molecule has 3 aromatic rings. The quantitative estimate of drug-likeness (QED) is 0.355. The number of anilines is 1. The van der Waals surface area contributed by atoms with Crippen LogP contribution in [0.25, 0.3) is 0 Å². The number of nitrogens with zero attached hydrogens (tertiary/aromatic N) is 3. The second-order valence-corrected chi connectivity index (χ2v) is 8.50. The predicted molar refractivity (Wildman–Crippen MR) is 127 cm³/mol. The van der Waals surface area contributed by atoms with Crippen molar-refractivity contribution in [2.24, 2.45) is 13.0 Å². The van der Waals surface area contributed by atoms with Crippen molar-refractivity contribution in [1.82, 2.24) is 14.3 Å². The van der Waals surface area contributed by atoms with Gasteiger partial charge in [0.15, 0.2) is 6.61 Å². The number of hydrogen-bond donors (Lipinski definition) is 1. The summed E-state index contributed by atoms with van der Waals surface area (Å²) < 4.78 is 18.1. The number of ketones is 1. The third kappa shape index (κ3) is 5.34. The van der Waals surface area contributed by atoms with Crippen molar-refractivity contribution in [3.05, 3.63) is 73.2 Å². The maximum absolute atomic E-state index is 12.8. The second kappa shape index (κ2) is 10.4. The van der Waals surface area contributed by atoms with Gasteiger partial charge in [-0.25, -0.2) is 9.59 Å². The number of carbonyl (C=O) groups excluding carboxylic acids is 2. The first kappa shape index (κ1) is 25.5. The third-order valence-corrected chi connectivity index (χ3v) is 5.40. The Kier molecular flexibility index (Phi) is 7.58. The number of rotatable bonds is 9. The number of ether oxygens (including phenoxy) is 2. The summed E-state index contributed by atoms with van der Waals surface area (Å²) in [5.74, 6) is -1.01. The first-order valence-electron chi connectivity index (χ1n) is 11.0. The Bertz CT molecular complexity index is 1360. The van der Waals surface area contributed by atoms with Crippen LogP contribution in [0.1, 0.15) is 51.6 Å². The number of aromatic nitrogens is 3. The molecule has 1 aromatic carbocycles. The lowest BCUT2D eigenvalue weighted by Gasteiger charge is -2.16. The van der Waals surface area contributed by atoms with Gasteiger partial charge in [0.2, 0.25) is 5.78 Å². The maximum Gasteiger partial charge on any atom is 0.342 e. The third-order valence-electron chi connectivity index (χ3n) is 5.40. The van der Waals surface area contributed by atoms with Crippen molar-refractivity contribution in [1.29, 1.82) is 0 Å². The molecule has 0 fully saturated rings. The number of hydrogen-bond acceptors (Lipinski definition) is 9. The fourth-order valence-electron chi connectivity index (χ4n) is 3.49. The van der Waals surface area contributed by atoms with Gasteiger partial charge in [-0.3, -0.25) is 18.7 Å². The summed E-state index contributed by atoms with van der Waals surface area (Å²) in [7, 11) is 1.26. The SMILES string of the molecule is Cc1noc(C)c1COc1ccccc1C(=O)OCC(=O)c1c(N)n(CC(C)C)c(=O)n(C)c1=O. The minimum absolute atomic E-state index is 0.0372. The van der Waals surface area contributed by atoms with E-state index < -0.39 is 35.2 Å². The lowest BCUT2D eigenvalue weighted by Crippen LogP contribution is -2.43. The fraction of sp³-hybridized carbons (Fsp3) is 0.375. The highest BCUT2D eigenvalue weighted by Gasteiger charge is 2.24. The largest absolute Gasteiger partial charge is 0.488 e. The Morgan fingerprint density at radius 2 is 1.86 bits per heavy atom. The zero-order chi connectivity index (χ0) is 25.9. The number of nitrogen functional groups attached to an aromatic ring is 1. The maximum atomic E-state index is 12.8. The van der Waals surface area contributed by atoms with Crippen LogP contribution in [0.2, 0.25) is 0 Å². The monoisotopic (exact) mass is 484 g/mol. The molecule has 35 heavy (non-hydrogen) atoms. The standard InChI is InChI=1S/C24H28N4O7/c1-13(2)10-28-21(25)20(22(30)27(5)24(28)32)18(29)12-34-23(31)16-8-6-7-9-19(16)33-11-17-14(3)26-35-15(17)4/h6-9,13H,10-12,25H2,1-5H3. The van der Waals surface area contributed by atoms with E-state index in [-0.39, 0.29) is 36.2 Å². The number of benzene rings is 1. The minimum atomic E-state index is -0.850. The molecule has 2 heterocycles. The molecule has 0 atom stereocenters. The van der Waals surface area contributed by atoms with E-state index in [1.54, 1.807) is 32.0 Å². The summed E-state index contributed by atoms with van der Waals surface area (Å²) in [4.78, 5) is 50.6. The molecule has 0 unspecified atom stereocenters. The van der Waals surface area contributed by atoms with Crippen LogP contribution in [0.5, 0.6) is 5.75 Å². The number of para-hydroxylation sites is 1. The van der Waals surface area contributed by atoms with Crippen LogP contribution in [-0.4, -0.2) is 32.7 Å². The number of Topliss-reactive ketones (excluding diaryl/α,β-unsaturated/α-hetero) is 1. The van der Waals surface area contributed by atoms with Crippen LogP contribution in [-0.2, 0) is 24.9 Å². The molecule has 2 aromatic heterocycles. The number of esters is 1. The van der Waals surface area contributed by atoms with Crippen molar-refractivity contribution in [3.63, 3.8) is 0 Å². The normalized spacial score (nSPS) is 11.0. The molecule has 0 aliphatic rings. The summed E-state index contributed by atoms with van der Waals surface area (Å²) in [6, 6.07) is 6.39. The van der Waals surface area contributed by atoms with Gasteiger partial charge in [0.05, 0.1) is 11.3 Å². The van der Waals surface area contributed by atoms with Gasteiger partial charge in [-0.15, -0.1) is 0 Å². The van der Waals surface area contributed by atoms with Crippen molar-refractivity contribution in [3.8, 4) is 5.75 Å². The number of nitrogens with two attached hydrogens (primary N) is 1. The highest BCUT2D eigenvalue weighted by Crippen LogP contribution is 2.22. The topological polar surface area (TPSA) is 149 Å². The Balaban J connectivity index is 1.79. The highest BCUT2D eigenvalue weighted by atomic mass is 16.5. The molecule has 0 spiro atoms. The molecular formula is C24H28N4O7. The van der Waals surface area contributed by atoms with Gasteiger partial charge in [-0.1, -0.05) is 31.1 Å². The summed E-state index contributed by atoms with van der Waals surface area (Å²) >= 11 is 0. The first-order valence-corrected chi connectivity index (χ1v) is 11.0. The molecule has 0 saturated carbocycles. The molecule has 11 nitrogen and oxygen atoms in total. The lowest BCUT2D eigenvalue weighted by atomic mass is 10.1. The average molecular weight is 485 g/mol. The van der Waals surface area contributed by atoms with Crippen LogP contribution >= 0.6 is 0 Å². The van der Waals surface area contributed by atoms with Crippen LogP contribution in [0.15, 0.2) is 38.4 Å². The van der Waals surface area contributed by atoms with E-state index in [0.717, 1.165) is 10.1 Å². The van der Waals surface area contributed by atoms with E-state index in [2.05, 4.69) is 5.16 Å². The van der Waals surface area contributed by atoms with Gasteiger partial charge in [0.25, 0.3) is 5.56 Å². The van der Waals surface area contributed by atoms with E-state index >= 15 is 0 Å². The Morgan fingerprint density at radius 1 is 1.17 bits per heavy atom. The molecular weight excluding hydrogens is 456 g/mol. The van der Waals surface area contributed by atoms with E-state index in [1.807, 2.05) is 13.8 Å². The Hall–Kier alpha value is -4.15. The number of carbonyl (C=O) groups is 2. The van der Waals surface area contributed by atoms with Gasteiger partial charge in [-0.05, 0) is 31.9 Å². The molecule has 186 valence electrons. The van der Waals surface area contributed by atoms with Gasteiger partial charge in [-0.2, -0.15) is 0 Å². The Labute approximate surface area is 201 Å². The molecule has 3 rings (SSSR count). The minimum Gasteiger partial charge on any atom is -0.488 e. The number of aryl methyl sites for hydroxylation is 2. The smallest absolute Gasteiger partial charge is 0.342 e. The van der Waals surface area contributed by atoms with Gasteiger partial charge in [0, 0.05) is 13.6 Å². The Morgan fingerprint density at radius 3 is 2.49 bits per heavy atom. The molecule has 11 heteroatoms. The summed E-state index contributed by atoms with van der Waals surface area (Å²) in [5.41, 5.74) is 5.66. The van der Waals surface area contributed by atoms with Crippen LogP contribution < -0.4 is 21.7 Å². The van der Waals surface area contributed by atoms with Crippen molar-refractivity contribution >= 4 is 17.6 Å². The van der Waals surface area contributed by atoms with Crippen LogP contribution in [0.4, 0.5) is 5.82 Å². The van der Waals surface area contributed by atoms with E-state index in [0.29, 0.717) is 11.5 Å². The molecule has 2 N–H and O–H groups in total. The first-order chi connectivity index (χ1) is 16.5. The summed E-state index contributed by atoms with van der Waals surface area (Å²) in [6.45, 7) is 6.86. The molecule has 0 aliphatic heterocycles. The van der Waals surface area contributed by atoms with Gasteiger partial charge < -0.3 is 19.7 Å². The van der Waals surface area contributed by atoms with Crippen molar-refractivity contribution in [2.45, 2.75) is 40.8 Å². The summed E-state index contributed by atoms with van der Waals surface area (Å²) in [6.07, 6.45) is 0. The van der Waals surface area contributed by atoms with Crippen LogP contribution in [0.3, 0.4) is 0 Å². The zero-order valence-electron chi connectivity index (χ0n) is 20.3. The molecule has 0 bridgehead atoms. The molecule has 0 saturated heterocycles. The van der Waals surface area contributed by atoms with Crippen LogP contribution in [0, 0.1) is 19.8 Å². The zero-order valence-corrected chi connectivity index (χ0v) is 20.3. The van der Waals surface area contributed by atoms with Crippen molar-refractivity contribution in [2.75, 3.05) is 12.3 Å². The highest BCUT2D eigenvalue weighted by molar-refractivity contribution is 6.02. The predicted octanol–water partition coefficient (Wildman–Crippen LogP) is 2.01. The molecule has 0 amide bonds. The summed E-state index contributed by atoms with van der Waals surface area (Å²) in [5, 5.41) is 3.87. The van der Waals surface area contributed by atoms with Gasteiger partial charge >= 0.3 is 11.7 Å². The average Bonchev–Trinajstić information content (AvgIpc) is 3.14.